The summed E-state index contributed by atoms with van der Waals surface area (Å²) in [6.45, 7) is 7.34. The van der Waals surface area contributed by atoms with Crippen LogP contribution in [0.15, 0.2) is 0 Å². The molecule has 0 saturated heterocycles. The van der Waals surface area contributed by atoms with Gasteiger partial charge in [0.25, 0.3) is 0 Å². The number of unbranched alkanes of at least 4 members (excludes halogenated alkanes) is 51. The molecule has 0 aliphatic heterocycles. The highest BCUT2D eigenvalue weighted by Gasteiger charge is 2.30. The zero-order valence-electron chi connectivity index (χ0n) is 63.9. The van der Waals surface area contributed by atoms with Crippen LogP contribution in [-0.2, 0) is 65.4 Å². The van der Waals surface area contributed by atoms with Gasteiger partial charge in [-0.3, -0.25) is 37.3 Å². The fourth-order valence-corrected chi connectivity index (χ4v) is 13.8. The first-order valence-corrected chi connectivity index (χ1v) is 44.1. The molecule has 3 N–H and O–H groups in total. The maximum absolute atomic E-state index is 13.1. The molecule has 0 aromatic carbocycles. The minimum Gasteiger partial charge on any atom is -0.462 e. The van der Waals surface area contributed by atoms with Crippen molar-refractivity contribution in [3.8, 4) is 0 Å². The van der Waals surface area contributed by atoms with Gasteiger partial charge in [0.2, 0.25) is 0 Å². The van der Waals surface area contributed by atoms with Crippen molar-refractivity contribution >= 4 is 39.5 Å². The Labute approximate surface area is 600 Å². The number of hydrogen-bond acceptors (Lipinski definition) is 15. The first kappa shape index (κ1) is 96.1. The second-order valence-electron chi connectivity index (χ2n) is 28.9. The molecule has 98 heavy (non-hydrogen) atoms. The number of phosphoric acid groups is 2. The Morgan fingerprint density at radius 1 is 0.276 bits per heavy atom. The number of carbonyl (C=O) groups excluding carboxylic acids is 4. The van der Waals surface area contributed by atoms with Gasteiger partial charge in [0, 0.05) is 25.7 Å². The van der Waals surface area contributed by atoms with Crippen LogP contribution in [0.4, 0.5) is 0 Å². The highest BCUT2D eigenvalue weighted by atomic mass is 31.2. The predicted octanol–water partition coefficient (Wildman–Crippen LogP) is 23.6. The minimum atomic E-state index is -4.96. The number of esters is 4. The molecular formula is C79H154O17P2. The van der Waals surface area contributed by atoms with Crippen molar-refractivity contribution in [2.75, 3.05) is 39.6 Å². The fraction of sp³-hybridized carbons (Fsp3) is 0.949. The van der Waals surface area contributed by atoms with E-state index in [4.69, 9.17) is 37.0 Å². The second kappa shape index (κ2) is 72.0. The summed E-state index contributed by atoms with van der Waals surface area (Å²) in [5.74, 6) is -1.29. The number of hydrogen-bond donors (Lipinski definition) is 3. The van der Waals surface area contributed by atoms with E-state index in [0.717, 1.165) is 95.8 Å². The Kier molecular flexibility index (Phi) is 70.6. The Balaban J connectivity index is 5.20. The molecule has 0 bridgehead atoms. The van der Waals surface area contributed by atoms with Crippen molar-refractivity contribution in [2.24, 2.45) is 5.92 Å². The lowest BCUT2D eigenvalue weighted by Gasteiger charge is -2.21. The van der Waals surface area contributed by atoms with E-state index in [9.17, 15) is 43.2 Å². The summed E-state index contributed by atoms with van der Waals surface area (Å²) < 4.78 is 68.6. The summed E-state index contributed by atoms with van der Waals surface area (Å²) in [7, 11) is -9.91. The normalized spacial score (nSPS) is 13.9. The number of carbonyl (C=O) groups is 4. The largest absolute Gasteiger partial charge is 0.472 e. The molecule has 0 heterocycles. The van der Waals surface area contributed by atoms with Gasteiger partial charge in [-0.1, -0.05) is 369 Å². The summed E-state index contributed by atoms with van der Waals surface area (Å²) >= 11 is 0. The van der Waals surface area contributed by atoms with Gasteiger partial charge in [-0.15, -0.1) is 0 Å². The molecule has 2 unspecified atom stereocenters. The topological polar surface area (TPSA) is 237 Å². The summed E-state index contributed by atoms with van der Waals surface area (Å²) in [5.41, 5.74) is 0. The lowest BCUT2D eigenvalue weighted by atomic mass is 10.0. The van der Waals surface area contributed by atoms with Crippen molar-refractivity contribution in [1.82, 2.24) is 0 Å². The standard InChI is InChI=1S/C79H154O17P2/c1-6-9-12-15-18-21-23-25-34-38-43-48-53-58-63-77(82)90-69-75(96-79(84)65-60-55-50-45-40-36-32-30-28-27-29-31-33-37-42-46-51-56-61-72(4)5)71-94-98(87,88)92-67-73(80)66-91-97(85,86)93-70-74(68-89-76(81)62-57-52-47-41-20-17-14-11-8-3)95-78(83)64-59-54-49-44-39-35-26-24-22-19-16-13-10-7-2/h72-75,80H,6-71H2,1-5H3,(H,85,86)(H,87,88)/t73-,74+,75+/m0/s1. The van der Waals surface area contributed by atoms with Gasteiger partial charge < -0.3 is 33.8 Å². The molecule has 0 spiro atoms. The quantitative estimate of drug-likeness (QED) is 0.0222. The second-order valence-corrected chi connectivity index (χ2v) is 31.8. The number of aliphatic hydroxyl groups excluding tert-OH is 1. The molecule has 0 radical (unpaired) electrons. The molecule has 0 amide bonds. The van der Waals surface area contributed by atoms with Gasteiger partial charge in [0.05, 0.1) is 26.4 Å². The van der Waals surface area contributed by atoms with E-state index in [2.05, 4.69) is 34.6 Å². The predicted molar refractivity (Wildman–Crippen MR) is 400 cm³/mol. The van der Waals surface area contributed by atoms with Crippen LogP contribution >= 0.6 is 15.6 Å². The van der Waals surface area contributed by atoms with E-state index >= 15 is 0 Å². The fourth-order valence-electron chi connectivity index (χ4n) is 12.2. The summed E-state index contributed by atoms with van der Waals surface area (Å²) in [4.78, 5) is 72.9. The van der Waals surface area contributed by atoms with Crippen molar-refractivity contribution in [1.29, 1.82) is 0 Å². The molecule has 5 atom stereocenters. The maximum atomic E-state index is 13.1. The van der Waals surface area contributed by atoms with Crippen LogP contribution in [-0.4, -0.2) is 96.7 Å². The van der Waals surface area contributed by atoms with E-state index in [1.807, 2.05) is 0 Å². The van der Waals surface area contributed by atoms with E-state index < -0.39 is 97.5 Å². The molecule has 0 aliphatic rings. The van der Waals surface area contributed by atoms with Crippen LogP contribution in [0.1, 0.15) is 420 Å². The van der Waals surface area contributed by atoms with Crippen LogP contribution in [0.5, 0.6) is 0 Å². The molecule has 0 saturated carbocycles. The average molecular weight is 1440 g/mol. The zero-order valence-corrected chi connectivity index (χ0v) is 65.7. The molecule has 19 heteroatoms. The molecule has 0 aliphatic carbocycles. The van der Waals surface area contributed by atoms with Crippen molar-refractivity contribution < 1.29 is 80.2 Å². The van der Waals surface area contributed by atoms with E-state index in [0.29, 0.717) is 25.7 Å². The number of rotatable bonds is 79. The van der Waals surface area contributed by atoms with Gasteiger partial charge in [-0.2, -0.15) is 0 Å². The molecule has 582 valence electrons. The number of ether oxygens (including phenoxy) is 4. The summed E-state index contributed by atoms with van der Waals surface area (Å²) in [6, 6.07) is 0. The Morgan fingerprint density at radius 2 is 0.469 bits per heavy atom. The number of aliphatic hydroxyl groups is 1. The SMILES string of the molecule is CCCCCCCCCCCCCCCCC(=O)OC[C@H](COP(=O)(O)OC[C@@H](O)COP(=O)(O)OC[C@@H](COC(=O)CCCCCCCCCCC)OC(=O)CCCCCCCCCCCCCCCC)OC(=O)CCCCCCCCCCCCCCCCCCCCC(C)C. The van der Waals surface area contributed by atoms with Gasteiger partial charge >= 0.3 is 39.5 Å². The third-order valence-electron chi connectivity index (χ3n) is 18.5. The first-order chi connectivity index (χ1) is 47.5. The van der Waals surface area contributed by atoms with Gasteiger partial charge in [-0.05, 0) is 31.6 Å². The first-order valence-electron chi connectivity index (χ1n) is 41.1. The minimum absolute atomic E-state index is 0.108. The lowest BCUT2D eigenvalue weighted by Crippen LogP contribution is -2.30. The smallest absolute Gasteiger partial charge is 0.462 e. The average Bonchev–Trinajstić information content (AvgIpc) is 1.12. The molecule has 0 fully saturated rings. The van der Waals surface area contributed by atoms with Crippen LogP contribution in [0.25, 0.3) is 0 Å². The summed E-state index contributed by atoms with van der Waals surface area (Å²) in [5, 5.41) is 10.6. The molecular weight excluding hydrogens is 1280 g/mol. The van der Waals surface area contributed by atoms with Crippen molar-refractivity contribution in [3.05, 3.63) is 0 Å². The number of phosphoric ester groups is 2. The van der Waals surface area contributed by atoms with Crippen LogP contribution < -0.4 is 0 Å². The molecule has 0 aromatic heterocycles. The molecule has 0 aromatic rings. The van der Waals surface area contributed by atoms with E-state index in [-0.39, 0.29) is 25.7 Å². The van der Waals surface area contributed by atoms with Gasteiger partial charge in [-0.25, -0.2) is 9.13 Å². The van der Waals surface area contributed by atoms with Gasteiger partial charge in [0.15, 0.2) is 12.2 Å². The van der Waals surface area contributed by atoms with Crippen LogP contribution in [0, 0.1) is 5.92 Å². The Morgan fingerprint density at radius 3 is 0.694 bits per heavy atom. The Bertz CT molecular complexity index is 1870. The lowest BCUT2D eigenvalue weighted by molar-refractivity contribution is -0.161. The monoisotopic (exact) mass is 1440 g/mol. The molecule has 17 nitrogen and oxygen atoms in total. The van der Waals surface area contributed by atoms with Crippen molar-refractivity contribution in [3.63, 3.8) is 0 Å². The van der Waals surface area contributed by atoms with Crippen molar-refractivity contribution in [2.45, 2.75) is 438 Å². The third kappa shape index (κ3) is 72.4. The molecule has 0 rings (SSSR count). The van der Waals surface area contributed by atoms with Gasteiger partial charge in [0.1, 0.15) is 19.3 Å². The summed E-state index contributed by atoms with van der Waals surface area (Å²) in [6.07, 6.45) is 62.4. The highest BCUT2D eigenvalue weighted by molar-refractivity contribution is 7.47. The highest BCUT2D eigenvalue weighted by Crippen LogP contribution is 2.45. The van der Waals surface area contributed by atoms with Crippen LogP contribution in [0.2, 0.25) is 0 Å². The Hall–Kier alpha value is -1.94. The van der Waals surface area contributed by atoms with E-state index in [1.54, 1.807) is 0 Å². The zero-order chi connectivity index (χ0) is 71.9. The van der Waals surface area contributed by atoms with E-state index in [1.165, 1.54) is 244 Å². The third-order valence-corrected chi connectivity index (χ3v) is 20.4. The van der Waals surface area contributed by atoms with Crippen LogP contribution in [0.3, 0.4) is 0 Å². The maximum Gasteiger partial charge on any atom is 0.472 e.